The average Bonchev–Trinajstić information content (AvgIpc) is 3.03. The van der Waals surface area contributed by atoms with Crippen molar-refractivity contribution in [3.8, 4) is 5.75 Å². The van der Waals surface area contributed by atoms with E-state index >= 15 is 0 Å². The van der Waals surface area contributed by atoms with Crippen molar-refractivity contribution in [1.29, 1.82) is 0 Å². The molecule has 8 heteroatoms. The van der Waals surface area contributed by atoms with E-state index in [9.17, 15) is 18.4 Å². The Labute approximate surface area is 148 Å². The maximum atomic E-state index is 12.9. The van der Waals surface area contributed by atoms with Gasteiger partial charge in [0, 0.05) is 32.0 Å². The summed E-state index contributed by atoms with van der Waals surface area (Å²) in [5.74, 6) is -3.49. The van der Waals surface area contributed by atoms with E-state index in [0.29, 0.717) is 0 Å². The summed E-state index contributed by atoms with van der Waals surface area (Å²) in [6.45, 7) is 0.221. The molecule has 1 aliphatic rings. The minimum absolute atomic E-state index is 0.0851. The summed E-state index contributed by atoms with van der Waals surface area (Å²) >= 11 is 0. The highest BCUT2D eigenvalue weighted by Gasteiger charge is 2.46. The lowest BCUT2D eigenvalue weighted by Gasteiger charge is -2.35. The van der Waals surface area contributed by atoms with E-state index in [1.807, 2.05) is 30.3 Å². The molecule has 0 radical (unpaired) electrons. The highest BCUT2D eigenvalue weighted by Crippen LogP contribution is 2.37. The first-order valence-electron chi connectivity index (χ1n) is 8.18. The van der Waals surface area contributed by atoms with Crippen molar-refractivity contribution in [3.05, 3.63) is 53.3 Å². The van der Waals surface area contributed by atoms with Gasteiger partial charge in [-0.3, -0.25) is 9.59 Å². The number of benzene rings is 1. The number of halogens is 2. The van der Waals surface area contributed by atoms with Gasteiger partial charge in [0.2, 0.25) is 0 Å². The van der Waals surface area contributed by atoms with Crippen molar-refractivity contribution in [2.45, 2.75) is 31.4 Å². The fraction of sp³-hybridized carbons (Fsp3) is 0.333. The van der Waals surface area contributed by atoms with Gasteiger partial charge in [-0.15, -0.1) is 0 Å². The zero-order chi connectivity index (χ0) is 18.7. The molecule has 1 aromatic carbocycles. The second-order valence-electron chi connectivity index (χ2n) is 6.21. The third-order valence-electron chi connectivity index (χ3n) is 4.14. The molecule has 6 nitrogen and oxygen atoms in total. The van der Waals surface area contributed by atoms with Gasteiger partial charge in [-0.2, -0.15) is 0 Å². The molecule has 3 rings (SSSR count). The van der Waals surface area contributed by atoms with Crippen LogP contribution in [0.5, 0.6) is 5.75 Å². The van der Waals surface area contributed by atoms with E-state index in [-0.39, 0.29) is 36.6 Å². The highest BCUT2D eigenvalue weighted by atomic mass is 19.3. The predicted octanol–water partition coefficient (Wildman–Crippen LogP) is 2.48. The van der Waals surface area contributed by atoms with Crippen molar-refractivity contribution in [2.24, 2.45) is 0 Å². The standard InChI is InChI=1S/C18H19F2N3O3/c1-21-17(25)15-14(26-10-11-5-3-2-4-6-11)7-13(23-15)16(24)22-12-8-18(19,20)9-12/h2-7,12,23H,8-10H2,1H3,(H,21,25)(H,22,24). The Kier molecular flexibility index (Phi) is 4.92. The fourth-order valence-electron chi connectivity index (χ4n) is 2.73. The van der Waals surface area contributed by atoms with Crippen LogP contribution in [0.25, 0.3) is 0 Å². The maximum absolute atomic E-state index is 12.9. The molecule has 0 spiro atoms. The molecular weight excluding hydrogens is 344 g/mol. The number of carbonyl (C=O) groups is 2. The van der Waals surface area contributed by atoms with Crippen LogP contribution in [0.2, 0.25) is 0 Å². The first-order valence-corrected chi connectivity index (χ1v) is 8.18. The number of rotatable bonds is 6. The molecule has 0 unspecified atom stereocenters. The lowest BCUT2D eigenvalue weighted by atomic mass is 9.88. The third kappa shape index (κ3) is 4.01. The summed E-state index contributed by atoms with van der Waals surface area (Å²) in [6, 6.07) is 10.2. The molecule has 1 aromatic heterocycles. The zero-order valence-corrected chi connectivity index (χ0v) is 14.1. The van der Waals surface area contributed by atoms with Gasteiger partial charge < -0.3 is 20.4 Å². The van der Waals surface area contributed by atoms with Crippen molar-refractivity contribution >= 4 is 11.8 Å². The molecule has 0 bridgehead atoms. The molecule has 2 aromatic rings. The van der Waals surface area contributed by atoms with Crippen LogP contribution in [0.3, 0.4) is 0 Å². The Hall–Kier alpha value is -2.90. The van der Waals surface area contributed by atoms with Gasteiger partial charge in [-0.1, -0.05) is 30.3 Å². The molecule has 1 fully saturated rings. The minimum atomic E-state index is -2.72. The minimum Gasteiger partial charge on any atom is -0.486 e. The molecule has 1 aliphatic carbocycles. The first kappa shape index (κ1) is 17.9. The Balaban J connectivity index is 1.71. The van der Waals surface area contributed by atoms with Gasteiger partial charge in [-0.05, 0) is 5.56 Å². The van der Waals surface area contributed by atoms with Crippen LogP contribution < -0.4 is 15.4 Å². The largest absolute Gasteiger partial charge is 0.486 e. The summed E-state index contributed by atoms with van der Waals surface area (Å²) in [5.41, 5.74) is 1.09. The zero-order valence-electron chi connectivity index (χ0n) is 14.1. The van der Waals surface area contributed by atoms with Crippen LogP contribution >= 0.6 is 0 Å². The molecule has 1 saturated carbocycles. The summed E-state index contributed by atoms with van der Waals surface area (Å²) in [7, 11) is 1.46. The van der Waals surface area contributed by atoms with Gasteiger partial charge in [-0.25, -0.2) is 8.78 Å². The van der Waals surface area contributed by atoms with E-state index in [0.717, 1.165) is 5.56 Å². The predicted molar refractivity (Wildman–Crippen MR) is 90.4 cm³/mol. The van der Waals surface area contributed by atoms with Crippen LogP contribution in [0, 0.1) is 0 Å². The Morgan fingerprint density at radius 1 is 1.23 bits per heavy atom. The van der Waals surface area contributed by atoms with E-state index < -0.39 is 23.8 Å². The first-order chi connectivity index (χ1) is 12.4. The molecule has 0 aliphatic heterocycles. The normalized spacial score (nSPS) is 15.8. The smallest absolute Gasteiger partial charge is 0.271 e. The number of H-pyrrole nitrogens is 1. The third-order valence-corrected chi connectivity index (χ3v) is 4.14. The quantitative estimate of drug-likeness (QED) is 0.737. The van der Waals surface area contributed by atoms with E-state index in [2.05, 4.69) is 15.6 Å². The molecular formula is C18H19F2N3O3. The second-order valence-corrected chi connectivity index (χ2v) is 6.21. The van der Waals surface area contributed by atoms with Crippen molar-refractivity contribution < 1.29 is 23.1 Å². The van der Waals surface area contributed by atoms with Crippen LogP contribution in [0.4, 0.5) is 8.78 Å². The monoisotopic (exact) mass is 363 g/mol. The summed E-state index contributed by atoms with van der Waals surface area (Å²) < 4.78 is 31.4. The van der Waals surface area contributed by atoms with Gasteiger partial charge in [0.1, 0.15) is 18.0 Å². The van der Waals surface area contributed by atoms with E-state index in [1.54, 1.807) is 0 Å². The Morgan fingerprint density at radius 3 is 2.54 bits per heavy atom. The van der Waals surface area contributed by atoms with Crippen LogP contribution in [0.15, 0.2) is 36.4 Å². The second kappa shape index (κ2) is 7.15. The molecule has 2 amide bonds. The maximum Gasteiger partial charge on any atom is 0.271 e. The Bertz CT molecular complexity index is 797. The number of aromatic nitrogens is 1. The summed E-state index contributed by atoms with van der Waals surface area (Å²) in [6.07, 6.45) is -0.752. The number of alkyl halides is 2. The molecule has 1 heterocycles. The number of aromatic amines is 1. The topological polar surface area (TPSA) is 83.2 Å². The molecule has 26 heavy (non-hydrogen) atoms. The van der Waals surface area contributed by atoms with E-state index in [1.165, 1.54) is 13.1 Å². The number of ether oxygens (including phenoxy) is 1. The van der Waals surface area contributed by atoms with Gasteiger partial charge >= 0.3 is 0 Å². The number of amides is 2. The van der Waals surface area contributed by atoms with Crippen molar-refractivity contribution in [2.75, 3.05) is 7.05 Å². The molecule has 138 valence electrons. The molecule has 3 N–H and O–H groups in total. The van der Waals surface area contributed by atoms with Gasteiger partial charge in [0.25, 0.3) is 17.7 Å². The average molecular weight is 363 g/mol. The Morgan fingerprint density at radius 2 is 1.92 bits per heavy atom. The number of hydrogen-bond acceptors (Lipinski definition) is 3. The molecule has 0 saturated heterocycles. The van der Waals surface area contributed by atoms with Crippen molar-refractivity contribution in [1.82, 2.24) is 15.6 Å². The fourth-order valence-corrected chi connectivity index (χ4v) is 2.73. The van der Waals surface area contributed by atoms with Gasteiger partial charge in [0.15, 0.2) is 5.75 Å². The number of nitrogens with one attached hydrogen (secondary N) is 3. The van der Waals surface area contributed by atoms with Gasteiger partial charge in [0.05, 0.1) is 0 Å². The van der Waals surface area contributed by atoms with E-state index in [4.69, 9.17) is 4.74 Å². The number of carbonyl (C=O) groups excluding carboxylic acids is 2. The molecule has 0 atom stereocenters. The number of hydrogen-bond donors (Lipinski definition) is 3. The van der Waals surface area contributed by atoms with Crippen molar-refractivity contribution in [3.63, 3.8) is 0 Å². The van der Waals surface area contributed by atoms with Crippen LogP contribution in [0.1, 0.15) is 39.4 Å². The SMILES string of the molecule is CNC(=O)c1[nH]c(C(=O)NC2CC(F)(F)C2)cc1OCc1ccccc1. The summed E-state index contributed by atoms with van der Waals surface area (Å²) in [4.78, 5) is 26.9. The lowest BCUT2D eigenvalue weighted by Crippen LogP contribution is -2.50. The van der Waals surface area contributed by atoms with Crippen LogP contribution in [-0.2, 0) is 6.61 Å². The summed E-state index contributed by atoms with van der Waals surface area (Å²) in [5, 5.41) is 4.99. The van der Waals surface area contributed by atoms with Crippen LogP contribution in [-0.4, -0.2) is 35.8 Å². The highest BCUT2D eigenvalue weighted by molar-refractivity contribution is 5.99. The lowest BCUT2D eigenvalue weighted by molar-refractivity contribution is -0.0901.